The molecule has 0 radical (unpaired) electrons. The maximum atomic E-state index is 15.2. The molecule has 2 aliphatic carbocycles. The van der Waals surface area contributed by atoms with Gasteiger partial charge >= 0.3 is 5.97 Å². The fraction of sp³-hybridized carbons (Fsp3) is 0.583. The van der Waals surface area contributed by atoms with Crippen LogP contribution >= 0.6 is 0 Å². The van der Waals surface area contributed by atoms with Crippen molar-refractivity contribution in [1.29, 1.82) is 5.26 Å². The molecule has 1 aromatic rings. The molecule has 0 amide bonds. The Hall–Kier alpha value is -2.39. The van der Waals surface area contributed by atoms with Gasteiger partial charge in [0.15, 0.2) is 0 Å². The lowest BCUT2D eigenvalue weighted by Crippen LogP contribution is -2.39. The number of rotatable bonds is 5. The molecule has 1 aromatic carbocycles. The van der Waals surface area contributed by atoms with Gasteiger partial charge in [0.2, 0.25) is 5.79 Å². The van der Waals surface area contributed by atoms with Crippen molar-refractivity contribution in [3.63, 3.8) is 0 Å². The summed E-state index contributed by atoms with van der Waals surface area (Å²) in [6, 6.07) is 7.05. The van der Waals surface area contributed by atoms with E-state index in [0.717, 1.165) is 32.1 Å². The van der Waals surface area contributed by atoms with Crippen LogP contribution in [0, 0.1) is 23.1 Å². The molecule has 1 aliphatic heterocycles. The SMILES string of the molecule is CC1(C)OC(=O)C=C(CC(O)(c2ccc(C3(C#N)CCC3)c(F)c2)C2CCCC2)O1. The molecular weight excluding hydrogens is 385 g/mol. The quantitative estimate of drug-likeness (QED) is 0.706. The van der Waals surface area contributed by atoms with Gasteiger partial charge in [0.05, 0.1) is 23.2 Å². The average Bonchev–Trinajstić information content (AvgIpc) is 3.16. The maximum Gasteiger partial charge on any atom is 0.337 e. The first-order valence-electron chi connectivity index (χ1n) is 10.7. The summed E-state index contributed by atoms with van der Waals surface area (Å²) < 4.78 is 26.1. The van der Waals surface area contributed by atoms with Gasteiger partial charge in [-0.2, -0.15) is 5.26 Å². The number of halogens is 1. The van der Waals surface area contributed by atoms with Crippen LogP contribution in [-0.4, -0.2) is 16.9 Å². The minimum absolute atomic E-state index is 0.0676. The Labute approximate surface area is 176 Å². The number of nitrogens with zero attached hydrogens (tertiary/aromatic N) is 1. The van der Waals surface area contributed by atoms with Crippen molar-refractivity contribution in [1.82, 2.24) is 0 Å². The van der Waals surface area contributed by atoms with E-state index in [1.807, 2.05) is 0 Å². The summed E-state index contributed by atoms with van der Waals surface area (Å²) in [7, 11) is 0. The summed E-state index contributed by atoms with van der Waals surface area (Å²) in [5.41, 5.74) is -1.25. The van der Waals surface area contributed by atoms with Crippen molar-refractivity contribution in [2.24, 2.45) is 5.92 Å². The topological polar surface area (TPSA) is 79.5 Å². The summed E-state index contributed by atoms with van der Waals surface area (Å²) >= 11 is 0. The fourth-order valence-corrected chi connectivity index (χ4v) is 5.15. The van der Waals surface area contributed by atoms with Gasteiger partial charge in [0.25, 0.3) is 0 Å². The summed E-state index contributed by atoms with van der Waals surface area (Å²) in [6.45, 7) is 3.28. The van der Waals surface area contributed by atoms with Crippen LogP contribution in [0.2, 0.25) is 0 Å². The summed E-state index contributed by atoms with van der Waals surface area (Å²) in [4.78, 5) is 12.0. The number of esters is 1. The molecule has 160 valence electrons. The van der Waals surface area contributed by atoms with Crippen molar-refractivity contribution in [2.75, 3.05) is 0 Å². The highest BCUT2D eigenvalue weighted by molar-refractivity contribution is 5.83. The van der Waals surface area contributed by atoms with Gasteiger partial charge in [-0.1, -0.05) is 25.0 Å². The van der Waals surface area contributed by atoms with Crippen LogP contribution in [0.1, 0.15) is 76.3 Å². The zero-order chi connectivity index (χ0) is 21.6. The molecule has 2 fully saturated rings. The van der Waals surface area contributed by atoms with Gasteiger partial charge in [-0.05, 0) is 49.7 Å². The Morgan fingerprint density at radius 1 is 1.23 bits per heavy atom. The minimum Gasteiger partial charge on any atom is -0.457 e. The predicted octanol–water partition coefficient (Wildman–Crippen LogP) is 4.73. The molecule has 0 aromatic heterocycles. The molecule has 1 N–H and O–H groups in total. The molecule has 0 spiro atoms. The molecule has 4 rings (SSSR count). The van der Waals surface area contributed by atoms with E-state index in [1.54, 1.807) is 26.0 Å². The highest BCUT2D eigenvalue weighted by atomic mass is 19.1. The molecule has 1 atom stereocenters. The fourth-order valence-electron chi connectivity index (χ4n) is 5.15. The second-order valence-corrected chi connectivity index (χ2v) is 9.36. The maximum absolute atomic E-state index is 15.2. The zero-order valence-electron chi connectivity index (χ0n) is 17.5. The van der Waals surface area contributed by atoms with E-state index in [1.165, 1.54) is 12.1 Å². The van der Waals surface area contributed by atoms with E-state index in [2.05, 4.69) is 6.07 Å². The predicted molar refractivity (Wildman–Crippen MR) is 107 cm³/mol. The van der Waals surface area contributed by atoms with Gasteiger partial charge in [-0.25, -0.2) is 9.18 Å². The third-order valence-electron chi connectivity index (χ3n) is 6.88. The van der Waals surface area contributed by atoms with Crippen LogP contribution in [0.15, 0.2) is 30.0 Å². The van der Waals surface area contributed by atoms with Crippen LogP contribution < -0.4 is 0 Å². The largest absolute Gasteiger partial charge is 0.457 e. The molecule has 6 heteroatoms. The van der Waals surface area contributed by atoms with Gasteiger partial charge in [0, 0.05) is 25.8 Å². The third kappa shape index (κ3) is 3.60. The number of ether oxygens (including phenoxy) is 2. The lowest BCUT2D eigenvalue weighted by atomic mass is 9.65. The number of aliphatic hydroxyl groups is 1. The number of hydrogen-bond donors (Lipinski definition) is 1. The second kappa shape index (κ2) is 7.39. The van der Waals surface area contributed by atoms with Gasteiger partial charge < -0.3 is 14.6 Å². The summed E-state index contributed by atoms with van der Waals surface area (Å²) in [5.74, 6) is -1.82. The molecule has 2 saturated carbocycles. The first kappa shape index (κ1) is 20.9. The number of hydrogen-bond acceptors (Lipinski definition) is 5. The Balaban J connectivity index is 1.70. The van der Waals surface area contributed by atoms with Crippen molar-refractivity contribution in [3.8, 4) is 6.07 Å². The number of nitriles is 1. The van der Waals surface area contributed by atoms with E-state index in [-0.39, 0.29) is 12.3 Å². The van der Waals surface area contributed by atoms with Crippen LogP contribution in [0.4, 0.5) is 4.39 Å². The molecule has 1 heterocycles. The Morgan fingerprint density at radius 2 is 1.93 bits per heavy atom. The molecule has 0 saturated heterocycles. The molecule has 0 bridgehead atoms. The average molecular weight is 413 g/mol. The zero-order valence-corrected chi connectivity index (χ0v) is 17.5. The molecule has 30 heavy (non-hydrogen) atoms. The number of carbonyl (C=O) groups excluding carboxylic acids is 1. The Bertz CT molecular complexity index is 922. The van der Waals surface area contributed by atoms with E-state index >= 15 is 4.39 Å². The van der Waals surface area contributed by atoms with Gasteiger partial charge in [0.1, 0.15) is 11.6 Å². The van der Waals surface area contributed by atoms with Crippen molar-refractivity contribution < 1.29 is 23.8 Å². The minimum atomic E-state index is -1.37. The Kier molecular flexibility index (Phi) is 5.14. The molecule has 1 unspecified atom stereocenters. The summed E-state index contributed by atoms with van der Waals surface area (Å²) in [5, 5.41) is 21.4. The summed E-state index contributed by atoms with van der Waals surface area (Å²) in [6.07, 6.45) is 7.20. The van der Waals surface area contributed by atoms with E-state index < -0.39 is 28.6 Å². The van der Waals surface area contributed by atoms with Gasteiger partial charge in [-0.15, -0.1) is 0 Å². The van der Waals surface area contributed by atoms with Crippen molar-refractivity contribution in [3.05, 3.63) is 47.0 Å². The molecule has 3 aliphatic rings. The normalized spacial score (nSPS) is 24.6. The number of benzene rings is 1. The highest BCUT2D eigenvalue weighted by Crippen LogP contribution is 2.48. The van der Waals surface area contributed by atoms with Crippen molar-refractivity contribution in [2.45, 2.75) is 82.0 Å². The monoisotopic (exact) mass is 413 g/mol. The van der Waals surface area contributed by atoms with Crippen LogP contribution in [0.3, 0.4) is 0 Å². The van der Waals surface area contributed by atoms with Crippen molar-refractivity contribution >= 4 is 5.97 Å². The standard InChI is InChI=1S/C24H28FNO4/c1-22(2)29-18(13-21(27)30-22)14-24(28,16-6-3-4-7-16)17-8-9-19(20(25)12-17)23(15-26)10-5-11-23/h8-9,12-13,16,28H,3-7,10-11,14H2,1-2H3. The lowest BCUT2D eigenvalue weighted by Gasteiger charge is -2.39. The van der Waals surface area contributed by atoms with Crippen LogP contribution in [0.5, 0.6) is 0 Å². The second-order valence-electron chi connectivity index (χ2n) is 9.36. The van der Waals surface area contributed by atoms with Crippen LogP contribution in [-0.2, 0) is 25.3 Å². The Morgan fingerprint density at radius 3 is 2.47 bits per heavy atom. The third-order valence-corrected chi connectivity index (χ3v) is 6.88. The van der Waals surface area contributed by atoms with Gasteiger partial charge in [-0.3, -0.25) is 0 Å². The van der Waals surface area contributed by atoms with E-state index in [4.69, 9.17) is 9.47 Å². The molecule has 5 nitrogen and oxygen atoms in total. The van der Waals surface area contributed by atoms with Crippen LogP contribution in [0.25, 0.3) is 0 Å². The molecular formula is C24H28FNO4. The first-order chi connectivity index (χ1) is 14.2. The number of cyclic esters (lactones) is 1. The lowest BCUT2D eigenvalue weighted by molar-refractivity contribution is -0.209. The smallest absolute Gasteiger partial charge is 0.337 e. The van der Waals surface area contributed by atoms with E-state index in [0.29, 0.717) is 29.7 Å². The first-order valence-corrected chi connectivity index (χ1v) is 10.7. The number of carbonyl (C=O) groups is 1. The van der Waals surface area contributed by atoms with E-state index in [9.17, 15) is 15.2 Å². The highest BCUT2D eigenvalue weighted by Gasteiger charge is 2.45.